The summed E-state index contributed by atoms with van der Waals surface area (Å²) in [6.07, 6.45) is 1.46. The van der Waals surface area contributed by atoms with E-state index in [0.29, 0.717) is 28.5 Å². The molecular weight excluding hydrogens is 327 g/mol. The fraction of sp³-hybridized carbons (Fsp3) is 0.188. The molecule has 2 aromatic heterocycles. The summed E-state index contributed by atoms with van der Waals surface area (Å²) in [7, 11) is 1.75. The lowest BCUT2D eigenvalue weighted by Crippen LogP contribution is -2.28. The fourth-order valence-electron chi connectivity index (χ4n) is 2.63. The largest absolute Gasteiger partial charge is 0.489 e. The first-order valence-corrected chi connectivity index (χ1v) is 7.70. The Morgan fingerprint density at radius 3 is 3.08 bits per heavy atom. The van der Waals surface area contributed by atoms with E-state index in [2.05, 4.69) is 26.0 Å². The van der Waals surface area contributed by atoms with E-state index in [1.54, 1.807) is 29.8 Å². The lowest BCUT2D eigenvalue weighted by molar-refractivity contribution is 0.0948. The SMILES string of the molecule is CNc1cc2nc3c(cnn13)C(=O)NCCOc1cc(ccc1F)N2. The van der Waals surface area contributed by atoms with Crippen molar-refractivity contribution in [2.24, 2.45) is 0 Å². The molecule has 8 nitrogen and oxygen atoms in total. The first-order valence-electron chi connectivity index (χ1n) is 7.70. The van der Waals surface area contributed by atoms with Crippen molar-refractivity contribution in [3.05, 3.63) is 41.8 Å². The second-order valence-electron chi connectivity index (χ2n) is 5.44. The van der Waals surface area contributed by atoms with Gasteiger partial charge in [-0.25, -0.2) is 9.37 Å². The maximum atomic E-state index is 13.9. The lowest BCUT2D eigenvalue weighted by Gasteiger charge is -2.11. The summed E-state index contributed by atoms with van der Waals surface area (Å²) in [5, 5.41) is 13.1. The number of ether oxygens (including phenoxy) is 1. The first-order chi connectivity index (χ1) is 12.2. The molecule has 0 unspecified atom stereocenters. The third kappa shape index (κ3) is 2.69. The summed E-state index contributed by atoms with van der Waals surface area (Å²) in [5.41, 5.74) is 1.38. The second-order valence-corrected chi connectivity index (χ2v) is 5.44. The Labute approximate surface area is 142 Å². The van der Waals surface area contributed by atoms with Crippen LogP contribution in [-0.4, -0.2) is 40.7 Å². The van der Waals surface area contributed by atoms with Crippen LogP contribution < -0.4 is 20.7 Å². The quantitative estimate of drug-likeness (QED) is 0.624. The van der Waals surface area contributed by atoms with E-state index in [0.717, 1.165) is 0 Å². The Bertz CT molecular complexity index is 971. The van der Waals surface area contributed by atoms with Gasteiger partial charge in [0.2, 0.25) is 0 Å². The number of hydrogen-bond acceptors (Lipinski definition) is 6. The van der Waals surface area contributed by atoms with Gasteiger partial charge in [-0.15, -0.1) is 0 Å². The molecule has 1 aliphatic heterocycles. The van der Waals surface area contributed by atoms with E-state index < -0.39 is 5.82 Å². The molecule has 1 aliphatic rings. The molecule has 1 amide bonds. The Kier molecular flexibility index (Phi) is 3.60. The van der Waals surface area contributed by atoms with Gasteiger partial charge in [0.25, 0.3) is 5.91 Å². The molecule has 3 N–H and O–H groups in total. The molecule has 4 rings (SSSR count). The highest BCUT2D eigenvalue weighted by Crippen LogP contribution is 2.26. The minimum atomic E-state index is -0.470. The number of amides is 1. The molecule has 3 heterocycles. The van der Waals surface area contributed by atoms with Crippen molar-refractivity contribution in [1.29, 1.82) is 0 Å². The van der Waals surface area contributed by atoms with Crippen molar-refractivity contribution in [2.75, 3.05) is 30.8 Å². The van der Waals surface area contributed by atoms with E-state index in [-0.39, 0.29) is 24.8 Å². The number of carbonyl (C=O) groups excluding carboxylic acids is 1. The van der Waals surface area contributed by atoms with Crippen molar-refractivity contribution < 1.29 is 13.9 Å². The number of benzene rings is 1. The van der Waals surface area contributed by atoms with Crippen molar-refractivity contribution in [3.8, 4) is 5.75 Å². The van der Waals surface area contributed by atoms with Crippen LogP contribution in [0, 0.1) is 5.82 Å². The Morgan fingerprint density at radius 2 is 2.24 bits per heavy atom. The normalized spacial score (nSPS) is 13.9. The molecule has 0 spiro atoms. The Morgan fingerprint density at radius 1 is 1.36 bits per heavy atom. The van der Waals surface area contributed by atoms with E-state index >= 15 is 0 Å². The third-order valence-electron chi connectivity index (χ3n) is 3.82. The summed E-state index contributed by atoms with van der Waals surface area (Å²) in [4.78, 5) is 16.8. The van der Waals surface area contributed by atoms with Crippen LogP contribution in [0.25, 0.3) is 5.65 Å². The highest BCUT2D eigenvalue weighted by atomic mass is 19.1. The standard InChI is InChI=1S/C16H15FN6O2/c1-18-14-7-13-21-9-2-3-11(17)12(6-9)25-5-4-19-16(24)10-8-20-23(14)15(10)22-13/h2-3,6-8,18H,4-5H2,1H3,(H,19,24)(H,21,22). The Balaban J connectivity index is 1.88. The molecule has 0 fully saturated rings. The van der Waals surface area contributed by atoms with Gasteiger partial charge < -0.3 is 20.7 Å². The molecule has 0 saturated carbocycles. The molecule has 3 aromatic rings. The van der Waals surface area contributed by atoms with Gasteiger partial charge in [-0.05, 0) is 12.1 Å². The van der Waals surface area contributed by atoms with Gasteiger partial charge in [0.1, 0.15) is 23.8 Å². The smallest absolute Gasteiger partial charge is 0.256 e. The zero-order valence-corrected chi connectivity index (χ0v) is 13.3. The molecule has 25 heavy (non-hydrogen) atoms. The van der Waals surface area contributed by atoms with Crippen molar-refractivity contribution in [2.45, 2.75) is 0 Å². The summed E-state index contributed by atoms with van der Waals surface area (Å²) in [5.74, 6) is 0.457. The van der Waals surface area contributed by atoms with E-state index in [4.69, 9.17) is 4.74 Å². The van der Waals surface area contributed by atoms with Gasteiger partial charge in [0.05, 0.1) is 12.7 Å². The van der Waals surface area contributed by atoms with Crippen molar-refractivity contribution >= 4 is 28.9 Å². The second kappa shape index (κ2) is 5.93. The average Bonchev–Trinajstić information content (AvgIpc) is 3.03. The van der Waals surface area contributed by atoms with Crippen molar-refractivity contribution in [3.63, 3.8) is 0 Å². The maximum Gasteiger partial charge on any atom is 0.256 e. The van der Waals surface area contributed by atoms with Gasteiger partial charge in [-0.2, -0.15) is 9.61 Å². The van der Waals surface area contributed by atoms with Crippen LogP contribution in [0.2, 0.25) is 0 Å². The van der Waals surface area contributed by atoms with Crippen LogP contribution in [0.3, 0.4) is 0 Å². The molecule has 128 valence electrons. The zero-order chi connectivity index (χ0) is 17.4. The fourth-order valence-corrected chi connectivity index (χ4v) is 2.63. The highest BCUT2D eigenvalue weighted by molar-refractivity contribution is 6.00. The van der Waals surface area contributed by atoms with Gasteiger partial charge in [0.15, 0.2) is 17.2 Å². The topological polar surface area (TPSA) is 92.6 Å². The van der Waals surface area contributed by atoms with E-state index in [9.17, 15) is 9.18 Å². The molecule has 0 saturated heterocycles. The van der Waals surface area contributed by atoms with Crippen LogP contribution in [0.1, 0.15) is 10.4 Å². The molecular formula is C16H15FN6O2. The summed E-state index contributed by atoms with van der Waals surface area (Å²) < 4.78 is 20.8. The number of nitrogens with zero attached hydrogens (tertiary/aromatic N) is 3. The predicted molar refractivity (Wildman–Crippen MR) is 90.0 cm³/mol. The molecule has 4 bridgehead atoms. The van der Waals surface area contributed by atoms with E-state index in [1.807, 2.05) is 0 Å². The van der Waals surface area contributed by atoms with Crippen LogP contribution in [-0.2, 0) is 0 Å². The monoisotopic (exact) mass is 342 g/mol. The number of anilines is 3. The molecule has 9 heteroatoms. The molecule has 1 aromatic carbocycles. The number of carbonyl (C=O) groups is 1. The zero-order valence-electron chi connectivity index (χ0n) is 13.3. The lowest BCUT2D eigenvalue weighted by atomic mass is 10.3. The third-order valence-corrected chi connectivity index (χ3v) is 3.82. The van der Waals surface area contributed by atoms with Gasteiger partial charge in [-0.3, -0.25) is 4.79 Å². The minimum Gasteiger partial charge on any atom is -0.489 e. The number of fused-ring (bicyclic) bond motifs is 3. The summed E-state index contributed by atoms with van der Waals surface area (Å²) in [6, 6.07) is 6.20. The molecule has 0 radical (unpaired) electrons. The Hall–Kier alpha value is -3.36. The van der Waals surface area contributed by atoms with E-state index in [1.165, 1.54) is 12.3 Å². The number of aromatic nitrogens is 3. The van der Waals surface area contributed by atoms with Gasteiger partial charge >= 0.3 is 0 Å². The van der Waals surface area contributed by atoms with Crippen LogP contribution in [0.15, 0.2) is 30.5 Å². The number of hydrogen-bond donors (Lipinski definition) is 3. The minimum absolute atomic E-state index is 0.108. The summed E-state index contributed by atoms with van der Waals surface area (Å²) in [6.45, 7) is 0.370. The number of halogens is 1. The average molecular weight is 342 g/mol. The highest BCUT2D eigenvalue weighted by Gasteiger charge is 2.18. The van der Waals surface area contributed by atoms with Gasteiger partial charge in [-0.1, -0.05) is 0 Å². The number of nitrogens with one attached hydrogen (secondary N) is 3. The van der Waals surface area contributed by atoms with Crippen LogP contribution in [0.5, 0.6) is 5.75 Å². The van der Waals surface area contributed by atoms with Crippen molar-refractivity contribution in [1.82, 2.24) is 19.9 Å². The maximum absolute atomic E-state index is 13.9. The molecule has 0 aliphatic carbocycles. The summed E-state index contributed by atoms with van der Waals surface area (Å²) >= 11 is 0. The number of rotatable bonds is 1. The van der Waals surface area contributed by atoms with Crippen LogP contribution >= 0.6 is 0 Å². The van der Waals surface area contributed by atoms with Gasteiger partial charge in [0, 0.05) is 24.9 Å². The predicted octanol–water partition coefficient (Wildman–Crippen LogP) is 1.78. The first kappa shape index (κ1) is 15.2. The molecule has 0 atom stereocenters. The van der Waals surface area contributed by atoms with Crippen LogP contribution in [0.4, 0.5) is 21.7 Å².